The molecular formula is C13H24N2O2. The predicted octanol–water partition coefficient (Wildman–Crippen LogP) is 2.03. The van der Waals surface area contributed by atoms with E-state index in [0.29, 0.717) is 0 Å². The summed E-state index contributed by atoms with van der Waals surface area (Å²) in [5, 5.41) is 0. The number of hydrogen-bond acceptors (Lipinski definition) is 4. The highest BCUT2D eigenvalue weighted by molar-refractivity contribution is 5.07. The third kappa shape index (κ3) is 4.15. The van der Waals surface area contributed by atoms with Crippen molar-refractivity contribution in [2.45, 2.75) is 32.9 Å². The number of rotatable bonds is 8. The fraction of sp³-hybridized carbons (Fsp3) is 0.692. The minimum atomic E-state index is 0.0303. The molecule has 17 heavy (non-hydrogen) atoms. The second-order valence-corrected chi connectivity index (χ2v) is 4.14. The van der Waals surface area contributed by atoms with E-state index < -0.39 is 0 Å². The summed E-state index contributed by atoms with van der Waals surface area (Å²) >= 11 is 0. The Morgan fingerprint density at radius 2 is 2.24 bits per heavy atom. The molecule has 98 valence electrons. The lowest BCUT2D eigenvalue weighted by atomic mass is 10.1. The molecule has 2 N–H and O–H groups in total. The Labute approximate surface area is 104 Å². The molecule has 0 aromatic carbocycles. The van der Waals surface area contributed by atoms with Gasteiger partial charge in [0.15, 0.2) is 0 Å². The fourth-order valence-electron chi connectivity index (χ4n) is 2.05. The van der Waals surface area contributed by atoms with Crippen molar-refractivity contribution in [2.75, 3.05) is 26.3 Å². The van der Waals surface area contributed by atoms with Crippen LogP contribution in [0.3, 0.4) is 0 Å². The molecule has 0 aliphatic heterocycles. The number of furan rings is 1. The van der Waals surface area contributed by atoms with Gasteiger partial charge >= 0.3 is 0 Å². The molecule has 4 heteroatoms. The van der Waals surface area contributed by atoms with Gasteiger partial charge in [-0.05, 0) is 32.5 Å². The molecule has 1 heterocycles. The quantitative estimate of drug-likeness (QED) is 0.706. The summed E-state index contributed by atoms with van der Waals surface area (Å²) in [5.41, 5.74) is 6.07. The van der Waals surface area contributed by atoms with Crippen LogP contribution in [-0.2, 0) is 4.74 Å². The molecule has 1 rings (SSSR count). The van der Waals surface area contributed by atoms with Crippen LogP contribution in [0.25, 0.3) is 0 Å². The summed E-state index contributed by atoms with van der Waals surface area (Å²) in [5.74, 6) is 0.929. The van der Waals surface area contributed by atoms with E-state index >= 15 is 0 Å². The Balaban J connectivity index is 2.67. The SMILES string of the molecule is CCOCCN(CC)C(c1ccco1)C(C)N. The maximum Gasteiger partial charge on any atom is 0.122 e. The summed E-state index contributed by atoms with van der Waals surface area (Å²) in [7, 11) is 0. The van der Waals surface area contributed by atoms with Crippen LogP contribution >= 0.6 is 0 Å². The largest absolute Gasteiger partial charge is 0.468 e. The predicted molar refractivity (Wildman–Crippen MR) is 68.8 cm³/mol. The molecule has 1 aromatic rings. The molecule has 1 aromatic heterocycles. The molecule has 2 atom stereocenters. The van der Waals surface area contributed by atoms with Crippen molar-refractivity contribution in [3.63, 3.8) is 0 Å². The van der Waals surface area contributed by atoms with Gasteiger partial charge < -0.3 is 14.9 Å². The fourth-order valence-corrected chi connectivity index (χ4v) is 2.05. The first-order chi connectivity index (χ1) is 8.20. The Hall–Kier alpha value is -0.840. The van der Waals surface area contributed by atoms with Crippen molar-refractivity contribution in [3.05, 3.63) is 24.2 Å². The lowest BCUT2D eigenvalue weighted by Crippen LogP contribution is -2.41. The highest BCUT2D eigenvalue weighted by Gasteiger charge is 2.24. The molecule has 0 saturated carbocycles. The van der Waals surface area contributed by atoms with Crippen molar-refractivity contribution >= 4 is 0 Å². The zero-order chi connectivity index (χ0) is 12.7. The monoisotopic (exact) mass is 240 g/mol. The summed E-state index contributed by atoms with van der Waals surface area (Å²) in [4.78, 5) is 2.29. The smallest absolute Gasteiger partial charge is 0.122 e. The second-order valence-electron chi connectivity index (χ2n) is 4.14. The van der Waals surface area contributed by atoms with Crippen molar-refractivity contribution in [1.29, 1.82) is 0 Å². The minimum absolute atomic E-state index is 0.0303. The molecule has 0 spiro atoms. The van der Waals surface area contributed by atoms with Crippen LogP contribution in [0.15, 0.2) is 22.8 Å². The van der Waals surface area contributed by atoms with Crippen LogP contribution in [0.5, 0.6) is 0 Å². The average molecular weight is 240 g/mol. The topological polar surface area (TPSA) is 51.6 Å². The van der Waals surface area contributed by atoms with Gasteiger partial charge in [-0.1, -0.05) is 6.92 Å². The summed E-state index contributed by atoms with van der Waals surface area (Å²) < 4.78 is 10.9. The maximum atomic E-state index is 6.07. The number of hydrogen-bond donors (Lipinski definition) is 1. The van der Waals surface area contributed by atoms with E-state index in [-0.39, 0.29) is 12.1 Å². The second kappa shape index (κ2) is 7.48. The molecular weight excluding hydrogens is 216 g/mol. The van der Waals surface area contributed by atoms with Crippen LogP contribution < -0.4 is 5.73 Å². The number of nitrogens with two attached hydrogens (primary N) is 1. The van der Waals surface area contributed by atoms with Gasteiger partial charge in [-0.25, -0.2) is 0 Å². The first-order valence-corrected chi connectivity index (χ1v) is 6.31. The number of likely N-dealkylation sites (N-methyl/N-ethyl adjacent to an activating group) is 1. The Bertz CT molecular complexity index is 286. The molecule has 0 saturated heterocycles. The number of ether oxygens (including phenoxy) is 1. The minimum Gasteiger partial charge on any atom is -0.468 e. The Kier molecular flexibility index (Phi) is 6.26. The summed E-state index contributed by atoms with van der Waals surface area (Å²) in [6, 6.07) is 4.04. The average Bonchev–Trinajstić information content (AvgIpc) is 2.80. The first kappa shape index (κ1) is 14.2. The summed E-state index contributed by atoms with van der Waals surface area (Å²) in [6.45, 7) is 9.43. The van der Waals surface area contributed by atoms with E-state index in [1.54, 1.807) is 6.26 Å². The van der Waals surface area contributed by atoms with Crippen LogP contribution in [0.4, 0.5) is 0 Å². The maximum absolute atomic E-state index is 6.07. The highest BCUT2D eigenvalue weighted by Crippen LogP contribution is 2.23. The molecule has 0 bridgehead atoms. The van der Waals surface area contributed by atoms with E-state index in [9.17, 15) is 0 Å². The third-order valence-corrected chi connectivity index (χ3v) is 2.86. The van der Waals surface area contributed by atoms with Crippen molar-refractivity contribution in [2.24, 2.45) is 5.73 Å². The van der Waals surface area contributed by atoms with E-state index in [2.05, 4.69) is 11.8 Å². The van der Waals surface area contributed by atoms with Gasteiger partial charge in [-0.15, -0.1) is 0 Å². The lowest BCUT2D eigenvalue weighted by molar-refractivity contribution is 0.0843. The van der Waals surface area contributed by atoms with Gasteiger partial charge in [-0.3, -0.25) is 4.90 Å². The van der Waals surface area contributed by atoms with Crippen LogP contribution in [-0.4, -0.2) is 37.2 Å². The summed E-state index contributed by atoms with van der Waals surface area (Å²) in [6.07, 6.45) is 1.70. The third-order valence-electron chi connectivity index (χ3n) is 2.86. The molecule has 0 amide bonds. The standard InChI is InChI=1S/C13H24N2O2/c1-4-15(8-10-16-5-2)13(11(3)14)12-7-6-9-17-12/h6-7,9,11,13H,4-5,8,10,14H2,1-3H3. The van der Waals surface area contributed by atoms with Crippen LogP contribution in [0.2, 0.25) is 0 Å². The molecule has 2 unspecified atom stereocenters. The van der Waals surface area contributed by atoms with Gasteiger partial charge in [-0.2, -0.15) is 0 Å². The van der Waals surface area contributed by atoms with E-state index in [1.807, 2.05) is 26.0 Å². The Morgan fingerprint density at radius 3 is 2.71 bits per heavy atom. The van der Waals surface area contributed by atoms with Gasteiger partial charge in [0.2, 0.25) is 0 Å². The molecule has 4 nitrogen and oxygen atoms in total. The molecule has 0 radical (unpaired) electrons. The van der Waals surface area contributed by atoms with Crippen LogP contribution in [0.1, 0.15) is 32.6 Å². The molecule has 0 aliphatic carbocycles. The molecule has 0 aliphatic rings. The van der Waals surface area contributed by atoms with E-state index in [0.717, 1.165) is 32.1 Å². The van der Waals surface area contributed by atoms with Crippen LogP contribution in [0, 0.1) is 0 Å². The lowest BCUT2D eigenvalue weighted by Gasteiger charge is -2.31. The zero-order valence-corrected chi connectivity index (χ0v) is 11.1. The first-order valence-electron chi connectivity index (χ1n) is 6.31. The van der Waals surface area contributed by atoms with Gasteiger partial charge in [0, 0.05) is 19.2 Å². The highest BCUT2D eigenvalue weighted by atomic mass is 16.5. The van der Waals surface area contributed by atoms with Gasteiger partial charge in [0.25, 0.3) is 0 Å². The normalized spacial score (nSPS) is 15.1. The Morgan fingerprint density at radius 1 is 1.47 bits per heavy atom. The van der Waals surface area contributed by atoms with E-state index in [1.165, 1.54) is 0 Å². The molecule has 0 fully saturated rings. The van der Waals surface area contributed by atoms with Gasteiger partial charge in [0.05, 0.1) is 18.9 Å². The zero-order valence-electron chi connectivity index (χ0n) is 11.1. The van der Waals surface area contributed by atoms with E-state index in [4.69, 9.17) is 14.9 Å². The number of nitrogens with zero attached hydrogens (tertiary/aromatic N) is 1. The van der Waals surface area contributed by atoms with Crippen molar-refractivity contribution in [3.8, 4) is 0 Å². The van der Waals surface area contributed by atoms with Crippen molar-refractivity contribution in [1.82, 2.24) is 4.90 Å². The van der Waals surface area contributed by atoms with Gasteiger partial charge in [0.1, 0.15) is 5.76 Å². The van der Waals surface area contributed by atoms with Crippen molar-refractivity contribution < 1.29 is 9.15 Å².